The van der Waals surface area contributed by atoms with Crippen LogP contribution in [0, 0.1) is 5.92 Å². The maximum atomic E-state index is 13.0. The van der Waals surface area contributed by atoms with Crippen LogP contribution in [-0.4, -0.2) is 37.6 Å². The fourth-order valence-corrected chi connectivity index (χ4v) is 6.63. The molecule has 1 aliphatic heterocycles. The van der Waals surface area contributed by atoms with Gasteiger partial charge in [-0.15, -0.1) is 11.3 Å². The van der Waals surface area contributed by atoms with Crippen molar-refractivity contribution in [3.8, 4) is 0 Å². The molecular weight excluding hydrogens is 470 g/mol. The molecular formula is C25H27N3O4S2. The minimum absolute atomic E-state index is 0.188. The Kier molecular flexibility index (Phi) is 7.45. The highest BCUT2D eigenvalue weighted by molar-refractivity contribution is 7.91. The summed E-state index contributed by atoms with van der Waals surface area (Å²) in [7, 11) is -3.51. The lowest BCUT2D eigenvalue weighted by molar-refractivity contribution is -0.120. The van der Waals surface area contributed by atoms with E-state index in [0.717, 1.165) is 5.56 Å². The predicted octanol–water partition coefficient (Wildman–Crippen LogP) is 4.28. The number of anilines is 1. The number of nitrogens with zero attached hydrogens (tertiary/aromatic N) is 1. The quantitative estimate of drug-likeness (QED) is 0.509. The fourth-order valence-electron chi connectivity index (χ4n) is 4.02. The van der Waals surface area contributed by atoms with E-state index in [9.17, 15) is 18.0 Å². The summed E-state index contributed by atoms with van der Waals surface area (Å²) in [6.07, 6.45) is 0.853. The third-order valence-corrected chi connectivity index (χ3v) is 9.26. The van der Waals surface area contributed by atoms with Crippen LogP contribution in [0.5, 0.6) is 0 Å². The molecule has 1 fully saturated rings. The molecule has 0 bridgehead atoms. The average molecular weight is 498 g/mol. The fraction of sp³-hybridized carbons (Fsp3) is 0.280. The summed E-state index contributed by atoms with van der Waals surface area (Å²) in [5.74, 6) is -0.803. The smallest absolute Gasteiger partial charge is 0.253 e. The van der Waals surface area contributed by atoms with Gasteiger partial charge in [0.1, 0.15) is 4.21 Å². The predicted molar refractivity (Wildman–Crippen MR) is 133 cm³/mol. The molecule has 0 aliphatic carbocycles. The maximum Gasteiger partial charge on any atom is 0.253 e. The maximum absolute atomic E-state index is 13.0. The zero-order valence-corrected chi connectivity index (χ0v) is 20.4. The van der Waals surface area contributed by atoms with E-state index in [1.807, 2.05) is 37.3 Å². The molecule has 0 saturated carbocycles. The van der Waals surface area contributed by atoms with Crippen molar-refractivity contribution in [3.05, 3.63) is 83.2 Å². The zero-order chi connectivity index (χ0) is 24.1. The molecule has 0 radical (unpaired) electrons. The minimum Gasteiger partial charge on any atom is -0.345 e. The van der Waals surface area contributed by atoms with Crippen LogP contribution >= 0.6 is 11.3 Å². The molecule has 178 valence electrons. The number of rotatable bonds is 7. The minimum atomic E-state index is -3.51. The summed E-state index contributed by atoms with van der Waals surface area (Å²) in [6, 6.07) is 19.7. The van der Waals surface area contributed by atoms with E-state index in [4.69, 9.17) is 0 Å². The number of hydrogen-bond donors (Lipinski definition) is 2. The van der Waals surface area contributed by atoms with Crippen molar-refractivity contribution in [1.82, 2.24) is 9.62 Å². The molecule has 1 aliphatic rings. The van der Waals surface area contributed by atoms with E-state index in [-0.39, 0.29) is 36.9 Å². The molecule has 4 rings (SSSR count). The third-order valence-electron chi connectivity index (χ3n) is 5.99. The lowest BCUT2D eigenvalue weighted by atomic mass is 9.97. The number of para-hydroxylation sites is 1. The van der Waals surface area contributed by atoms with Crippen molar-refractivity contribution < 1.29 is 18.0 Å². The second-order valence-corrected chi connectivity index (χ2v) is 11.4. The summed E-state index contributed by atoms with van der Waals surface area (Å²) in [5, 5.41) is 7.61. The highest BCUT2D eigenvalue weighted by Crippen LogP contribution is 2.27. The molecule has 1 aromatic heterocycles. The topological polar surface area (TPSA) is 95.6 Å². The number of sulfonamides is 1. The van der Waals surface area contributed by atoms with Crippen molar-refractivity contribution in [2.75, 3.05) is 18.4 Å². The molecule has 2 N–H and O–H groups in total. The number of carbonyl (C=O) groups is 2. The first kappa shape index (κ1) is 24.1. The van der Waals surface area contributed by atoms with Crippen molar-refractivity contribution in [3.63, 3.8) is 0 Å². The van der Waals surface area contributed by atoms with Gasteiger partial charge in [-0.1, -0.05) is 48.5 Å². The van der Waals surface area contributed by atoms with Crippen LogP contribution < -0.4 is 10.6 Å². The van der Waals surface area contributed by atoms with Gasteiger partial charge < -0.3 is 10.6 Å². The second-order valence-electron chi connectivity index (χ2n) is 8.25. The zero-order valence-electron chi connectivity index (χ0n) is 18.8. The van der Waals surface area contributed by atoms with E-state index in [0.29, 0.717) is 28.3 Å². The van der Waals surface area contributed by atoms with Crippen LogP contribution in [0.4, 0.5) is 5.69 Å². The molecule has 9 heteroatoms. The number of thiophene rings is 1. The number of hydrogen-bond acceptors (Lipinski definition) is 5. The van der Waals surface area contributed by atoms with Crippen molar-refractivity contribution >= 4 is 38.9 Å². The largest absolute Gasteiger partial charge is 0.345 e. The Labute approximate surface area is 203 Å². The van der Waals surface area contributed by atoms with Gasteiger partial charge in [0.05, 0.1) is 17.3 Å². The molecule has 34 heavy (non-hydrogen) atoms. The molecule has 1 saturated heterocycles. The number of piperidine rings is 1. The van der Waals surface area contributed by atoms with Crippen LogP contribution in [0.15, 0.2) is 76.3 Å². The van der Waals surface area contributed by atoms with Crippen LogP contribution in [0.1, 0.15) is 41.7 Å². The summed E-state index contributed by atoms with van der Waals surface area (Å²) in [6.45, 7) is 2.48. The normalized spacial score (nSPS) is 16.0. The number of amides is 2. The molecule has 2 aromatic carbocycles. The van der Waals surface area contributed by atoms with Gasteiger partial charge in [-0.3, -0.25) is 9.59 Å². The van der Waals surface area contributed by atoms with Gasteiger partial charge in [-0.05, 0) is 48.9 Å². The third kappa shape index (κ3) is 5.38. The first-order chi connectivity index (χ1) is 16.4. The van der Waals surface area contributed by atoms with Crippen LogP contribution in [-0.2, 0) is 14.8 Å². The van der Waals surface area contributed by atoms with Crippen LogP contribution in [0.2, 0.25) is 0 Å². The van der Waals surface area contributed by atoms with Gasteiger partial charge in [0.15, 0.2) is 0 Å². The van der Waals surface area contributed by atoms with Gasteiger partial charge in [-0.2, -0.15) is 4.31 Å². The van der Waals surface area contributed by atoms with Crippen LogP contribution in [0.25, 0.3) is 0 Å². The summed E-state index contributed by atoms with van der Waals surface area (Å²) in [5.41, 5.74) is 1.82. The Bertz CT molecular complexity index is 1240. The van der Waals surface area contributed by atoms with Gasteiger partial charge in [-0.25, -0.2) is 8.42 Å². The van der Waals surface area contributed by atoms with Crippen molar-refractivity contribution in [1.29, 1.82) is 0 Å². The Morgan fingerprint density at radius 3 is 2.32 bits per heavy atom. The molecule has 0 spiro atoms. The number of carbonyl (C=O) groups excluding carboxylic acids is 2. The van der Waals surface area contributed by atoms with E-state index >= 15 is 0 Å². The monoisotopic (exact) mass is 497 g/mol. The Balaban J connectivity index is 1.38. The SMILES string of the molecule is C[C@@H](NC(=O)c1ccccc1NC(=O)C1CCN(S(=O)(=O)c2cccs2)CC1)c1ccccc1. The summed E-state index contributed by atoms with van der Waals surface area (Å²) in [4.78, 5) is 25.9. The van der Waals surface area contributed by atoms with Gasteiger partial charge >= 0.3 is 0 Å². The van der Waals surface area contributed by atoms with Crippen molar-refractivity contribution in [2.45, 2.75) is 30.0 Å². The van der Waals surface area contributed by atoms with Gasteiger partial charge in [0.25, 0.3) is 15.9 Å². The lowest BCUT2D eigenvalue weighted by Crippen LogP contribution is -2.41. The van der Waals surface area contributed by atoms with Crippen LogP contribution in [0.3, 0.4) is 0 Å². The average Bonchev–Trinajstić information content (AvgIpc) is 3.41. The molecule has 2 heterocycles. The Hall–Kier alpha value is -3.01. The standard InChI is InChI=1S/C25H27N3O4S2/c1-18(19-8-3-2-4-9-19)26-25(30)21-10-5-6-11-22(21)27-24(29)20-13-15-28(16-14-20)34(31,32)23-12-7-17-33-23/h2-12,17-18,20H,13-16H2,1H3,(H,26,30)(H,27,29)/t18-/m1/s1. The Morgan fingerprint density at radius 2 is 1.65 bits per heavy atom. The molecule has 0 unspecified atom stereocenters. The second kappa shape index (κ2) is 10.5. The lowest BCUT2D eigenvalue weighted by Gasteiger charge is -2.30. The summed E-state index contributed by atoms with van der Waals surface area (Å²) >= 11 is 1.19. The molecule has 1 atom stereocenters. The molecule has 3 aromatic rings. The van der Waals surface area contributed by atoms with E-state index in [1.165, 1.54) is 15.6 Å². The summed E-state index contributed by atoms with van der Waals surface area (Å²) < 4.78 is 27.2. The van der Waals surface area contributed by atoms with E-state index in [1.54, 1.807) is 41.8 Å². The number of nitrogens with one attached hydrogen (secondary N) is 2. The van der Waals surface area contributed by atoms with Gasteiger partial charge in [0.2, 0.25) is 5.91 Å². The van der Waals surface area contributed by atoms with Crippen molar-refractivity contribution in [2.24, 2.45) is 5.92 Å². The molecule has 7 nitrogen and oxygen atoms in total. The van der Waals surface area contributed by atoms with Gasteiger partial charge in [0, 0.05) is 19.0 Å². The Morgan fingerprint density at radius 1 is 0.971 bits per heavy atom. The highest BCUT2D eigenvalue weighted by Gasteiger charge is 2.33. The molecule has 2 amide bonds. The highest BCUT2D eigenvalue weighted by atomic mass is 32.2. The first-order valence-electron chi connectivity index (χ1n) is 11.2. The first-order valence-corrected chi connectivity index (χ1v) is 13.5. The number of benzene rings is 2. The van der Waals surface area contributed by atoms with E-state index < -0.39 is 10.0 Å². The van der Waals surface area contributed by atoms with E-state index in [2.05, 4.69) is 10.6 Å².